The summed E-state index contributed by atoms with van der Waals surface area (Å²) >= 11 is 0. The number of rotatable bonds is 10. The lowest BCUT2D eigenvalue weighted by molar-refractivity contribution is -0.114. The molecule has 236 valence electrons. The van der Waals surface area contributed by atoms with Crippen LogP contribution in [0.25, 0.3) is 0 Å². The molecular formula is C38H56O4Si. The second kappa shape index (κ2) is 11.3. The summed E-state index contributed by atoms with van der Waals surface area (Å²) in [5.74, 6) is 2.08. The molecule has 2 bridgehead atoms. The van der Waals surface area contributed by atoms with Gasteiger partial charge in [-0.3, -0.25) is 4.79 Å². The molecule has 1 aromatic rings. The number of hydrogen-bond donors (Lipinski definition) is 1. The van der Waals surface area contributed by atoms with E-state index in [1.54, 1.807) is 5.57 Å². The number of hydrogen-bond acceptors (Lipinski definition) is 4. The van der Waals surface area contributed by atoms with Gasteiger partial charge in [0.05, 0.1) is 12.2 Å². The fourth-order valence-electron chi connectivity index (χ4n) is 9.71. The molecule has 3 fully saturated rings. The highest BCUT2D eigenvalue weighted by Gasteiger charge is 2.74. The first kappa shape index (κ1) is 31.3. The molecule has 6 rings (SSSR count). The lowest BCUT2D eigenvalue weighted by atomic mass is 9.46. The zero-order chi connectivity index (χ0) is 30.7. The van der Waals surface area contributed by atoms with Crippen molar-refractivity contribution in [3.8, 4) is 5.75 Å². The zero-order valence-electron chi connectivity index (χ0n) is 27.8. The van der Waals surface area contributed by atoms with E-state index < -0.39 is 13.9 Å². The quantitative estimate of drug-likeness (QED) is 0.213. The molecule has 0 aromatic heterocycles. The molecule has 3 atom stereocenters. The van der Waals surface area contributed by atoms with Crippen LogP contribution in [0, 0.1) is 16.7 Å². The van der Waals surface area contributed by atoms with Crippen molar-refractivity contribution in [3.05, 3.63) is 52.6 Å². The van der Waals surface area contributed by atoms with E-state index >= 15 is 0 Å². The van der Waals surface area contributed by atoms with E-state index in [9.17, 15) is 9.90 Å². The number of ether oxygens (including phenoxy) is 1. The molecule has 0 aliphatic heterocycles. The van der Waals surface area contributed by atoms with Gasteiger partial charge in [-0.25, -0.2) is 0 Å². The number of ketones is 1. The summed E-state index contributed by atoms with van der Waals surface area (Å²) in [7, 11) is -1.64. The van der Waals surface area contributed by atoms with E-state index in [1.165, 1.54) is 29.6 Å². The number of unbranched alkanes of at least 4 members (excludes halogenated alkanes) is 3. The third kappa shape index (κ3) is 5.23. The third-order valence-corrected chi connectivity index (χ3v) is 17.9. The van der Waals surface area contributed by atoms with Gasteiger partial charge in [-0.1, -0.05) is 51.8 Å². The molecule has 5 aliphatic carbocycles. The molecule has 0 amide bonds. The van der Waals surface area contributed by atoms with Gasteiger partial charge in [-0.15, -0.1) is 0 Å². The highest BCUT2D eigenvalue weighted by molar-refractivity contribution is 6.74. The number of carbonyl (C=O) groups excluding carboxylic acids is 1. The van der Waals surface area contributed by atoms with Gasteiger partial charge in [0.2, 0.25) is 0 Å². The van der Waals surface area contributed by atoms with E-state index in [0.717, 1.165) is 83.2 Å². The molecule has 5 heteroatoms. The first-order chi connectivity index (χ1) is 20.3. The molecule has 0 heterocycles. The van der Waals surface area contributed by atoms with Crippen LogP contribution in [0.4, 0.5) is 0 Å². The van der Waals surface area contributed by atoms with Gasteiger partial charge in [-0.2, -0.15) is 0 Å². The van der Waals surface area contributed by atoms with Crippen molar-refractivity contribution < 1.29 is 19.1 Å². The average Bonchev–Trinajstić information content (AvgIpc) is 3.33. The summed E-state index contributed by atoms with van der Waals surface area (Å²) < 4.78 is 12.5. The van der Waals surface area contributed by atoms with Crippen molar-refractivity contribution in [3.63, 3.8) is 0 Å². The lowest BCUT2D eigenvalue weighted by Gasteiger charge is -2.58. The zero-order valence-corrected chi connectivity index (χ0v) is 28.8. The van der Waals surface area contributed by atoms with Gasteiger partial charge >= 0.3 is 0 Å². The summed E-state index contributed by atoms with van der Waals surface area (Å²) in [4.78, 5) is 12.4. The Labute approximate surface area is 261 Å². The highest BCUT2D eigenvalue weighted by Crippen LogP contribution is 2.78. The number of carbonyl (C=O) groups is 1. The SMILES string of the molecule is CC(C)(C)[Si](C)(C)OCCCCCCOc1ccc([C@H]2C[C@]3(C)C4(O)CCC3(CC4)[C@@H]3CCC4=CC(=O)CCC4=C32)cc1. The third-order valence-electron chi connectivity index (χ3n) is 13.4. The van der Waals surface area contributed by atoms with Crippen LogP contribution >= 0.6 is 0 Å². The summed E-state index contributed by atoms with van der Waals surface area (Å²) in [5.41, 5.74) is 5.43. The predicted molar refractivity (Wildman–Crippen MR) is 177 cm³/mol. The van der Waals surface area contributed by atoms with Crippen molar-refractivity contribution in [1.29, 1.82) is 0 Å². The second-order valence-corrected chi connectivity index (χ2v) is 21.2. The normalized spacial score (nSPS) is 33.7. The Morgan fingerprint density at radius 1 is 0.930 bits per heavy atom. The summed E-state index contributed by atoms with van der Waals surface area (Å²) in [6.07, 6.45) is 15.4. The Morgan fingerprint density at radius 3 is 2.28 bits per heavy atom. The molecule has 0 spiro atoms. The topological polar surface area (TPSA) is 55.8 Å². The summed E-state index contributed by atoms with van der Waals surface area (Å²) in [5, 5.41) is 12.2. The minimum Gasteiger partial charge on any atom is -0.494 e. The van der Waals surface area contributed by atoms with E-state index in [4.69, 9.17) is 9.16 Å². The molecule has 4 nitrogen and oxygen atoms in total. The van der Waals surface area contributed by atoms with Gasteiger partial charge in [0.1, 0.15) is 5.75 Å². The second-order valence-electron chi connectivity index (χ2n) is 16.4. The Hall–Kier alpha value is -1.69. The van der Waals surface area contributed by atoms with Gasteiger partial charge in [0.15, 0.2) is 14.1 Å². The molecule has 5 aliphatic rings. The molecule has 0 saturated heterocycles. The van der Waals surface area contributed by atoms with Crippen LogP contribution in [0.2, 0.25) is 18.1 Å². The van der Waals surface area contributed by atoms with Gasteiger partial charge < -0.3 is 14.3 Å². The molecule has 3 saturated carbocycles. The largest absolute Gasteiger partial charge is 0.494 e. The van der Waals surface area contributed by atoms with Crippen LogP contribution in [-0.4, -0.2) is 38.0 Å². The van der Waals surface area contributed by atoms with Crippen molar-refractivity contribution in [2.45, 2.75) is 141 Å². The molecule has 1 N–H and O–H groups in total. The smallest absolute Gasteiger partial charge is 0.191 e. The lowest BCUT2D eigenvalue weighted by Crippen LogP contribution is -2.52. The number of fused-ring (bicyclic) bond motifs is 2. The highest BCUT2D eigenvalue weighted by atomic mass is 28.4. The van der Waals surface area contributed by atoms with Crippen LogP contribution in [0.15, 0.2) is 47.1 Å². The maximum atomic E-state index is 12.4. The Morgan fingerprint density at radius 2 is 1.60 bits per heavy atom. The number of allylic oxidation sites excluding steroid dienone is 4. The maximum Gasteiger partial charge on any atom is 0.191 e. The van der Waals surface area contributed by atoms with Gasteiger partial charge in [0.25, 0.3) is 0 Å². The molecule has 43 heavy (non-hydrogen) atoms. The molecule has 1 aromatic carbocycles. The van der Waals surface area contributed by atoms with Crippen LogP contribution in [0.5, 0.6) is 5.75 Å². The fraction of sp³-hybridized carbons (Fsp3) is 0.711. The van der Waals surface area contributed by atoms with Crippen molar-refractivity contribution in [2.24, 2.45) is 16.7 Å². The summed E-state index contributed by atoms with van der Waals surface area (Å²) in [6.45, 7) is 15.6. The number of benzene rings is 1. The Bertz CT molecular complexity index is 1270. The van der Waals surface area contributed by atoms with Crippen LogP contribution in [0.3, 0.4) is 0 Å². The molecule has 0 radical (unpaired) electrons. The van der Waals surface area contributed by atoms with E-state index in [0.29, 0.717) is 24.0 Å². The first-order valence-corrected chi connectivity index (χ1v) is 20.3. The molecular weight excluding hydrogens is 549 g/mol. The predicted octanol–water partition coefficient (Wildman–Crippen LogP) is 9.44. The van der Waals surface area contributed by atoms with Gasteiger partial charge in [0, 0.05) is 24.4 Å². The Balaban J connectivity index is 1.11. The first-order valence-electron chi connectivity index (χ1n) is 17.4. The van der Waals surface area contributed by atoms with Crippen LogP contribution < -0.4 is 4.74 Å². The minimum atomic E-state index is -1.64. The average molecular weight is 605 g/mol. The van der Waals surface area contributed by atoms with E-state index in [-0.39, 0.29) is 15.9 Å². The minimum absolute atomic E-state index is 0.0456. The van der Waals surface area contributed by atoms with E-state index in [2.05, 4.69) is 65.1 Å². The summed E-state index contributed by atoms with van der Waals surface area (Å²) in [6, 6.07) is 8.91. The Kier molecular flexibility index (Phi) is 8.21. The standard InChI is InChI=1S/C38H56O4Si/c1-35(2,3)43(5,6)42-24-10-8-7-9-23-41-30-15-11-27(12-16-30)32-26-36(4)37(19-21-38(36,40)22-20-37)33-18-13-28-25-29(39)14-17-31(28)34(32)33/h11-12,15-16,25,32-33,40H,7-10,13-14,17-24,26H2,1-6H3/t32-,33-,36+,37?,38?/m1/s1. The molecule has 0 unspecified atom stereocenters. The number of aliphatic hydroxyl groups is 1. The fourth-order valence-corrected chi connectivity index (χ4v) is 10.8. The van der Waals surface area contributed by atoms with Crippen molar-refractivity contribution in [2.75, 3.05) is 13.2 Å². The monoisotopic (exact) mass is 604 g/mol. The van der Waals surface area contributed by atoms with E-state index in [1.807, 2.05) is 6.08 Å². The van der Waals surface area contributed by atoms with Crippen LogP contribution in [-0.2, 0) is 9.22 Å². The van der Waals surface area contributed by atoms with Crippen LogP contribution in [0.1, 0.15) is 123 Å². The van der Waals surface area contributed by atoms with Gasteiger partial charge in [-0.05, 0) is 135 Å². The maximum absolute atomic E-state index is 12.4. The van der Waals surface area contributed by atoms with Crippen molar-refractivity contribution in [1.82, 2.24) is 0 Å². The van der Waals surface area contributed by atoms with Crippen molar-refractivity contribution >= 4 is 14.1 Å².